The zero-order valence-electron chi connectivity index (χ0n) is 13.5. The summed E-state index contributed by atoms with van der Waals surface area (Å²) in [4.78, 5) is 15.0. The number of sulfonamides is 1. The Bertz CT molecular complexity index is 1120. The quantitative estimate of drug-likeness (QED) is 0.705. The summed E-state index contributed by atoms with van der Waals surface area (Å²) in [5, 5.41) is 2.94. The van der Waals surface area contributed by atoms with Crippen LogP contribution >= 0.6 is 11.6 Å². The highest BCUT2D eigenvalue weighted by Crippen LogP contribution is 2.29. The van der Waals surface area contributed by atoms with Crippen LogP contribution in [-0.4, -0.2) is 19.3 Å². The molecule has 0 atom stereocenters. The first-order valence-corrected chi connectivity index (χ1v) is 9.27. The molecule has 0 fully saturated rings. The van der Waals surface area contributed by atoms with Crippen LogP contribution in [0.2, 0.25) is 5.02 Å². The highest BCUT2D eigenvalue weighted by molar-refractivity contribution is 7.93. The van der Waals surface area contributed by atoms with Gasteiger partial charge >= 0.3 is 0 Å². The molecule has 9 heteroatoms. The standard InChI is InChI=1S/C17H13ClFN3O3S/c1-10(23)21-15-9-11(4-5-13(15)18)22-26(24,25)16-7-6-14(19)17-12(16)3-2-8-20-17/h2-9,22H,1H3,(H,21,23). The second kappa shape index (κ2) is 6.89. The molecule has 0 aliphatic rings. The van der Waals surface area contributed by atoms with Crippen molar-refractivity contribution in [1.29, 1.82) is 0 Å². The summed E-state index contributed by atoms with van der Waals surface area (Å²) in [5.74, 6) is -0.957. The van der Waals surface area contributed by atoms with E-state index >= 15 is 0 Å². The van der Waals surface area contributed by atoms with E-state index < -0.39 is 15.8 Å². The van der Waals surface area contributed by atoms with Gasteiger partial charge in [-0.2, -0.15) is 0 Å². The predicted octanol–water partition coefficient (Wildman–Crippen LogP) is 3.79. The minimum Gasteiger partial charge on any atom is -0.325 e. The van der Waals surface area contributed by atoms with Crippen LogP contribution in [0.15, 0.2) is 53.6 Å². The fraction of sp³-hybridized carbons (Fsp3) is 0.0588. The number of aromatic nitrogens is 1. The van der Waals surface area contributed by atoms with Crippen molar-refractivity contribution in [2.75, 3.05) is 10.0 Å². The molecular weight excluding hydrogens is 381 g/mol. The molecule has 26 heavy (non-hydrogen) atoms. The van der Waals surface area contributed by atoms with Crippen LogP contribution in [0.3, 0.4) is 0 Å². The lowest BCUT2D eigenvalue weighted by Crippen LogP contribution is -2.14. The van der Waals surface area contributed by atoms with Crippen LogP contribution < -0.4 is 10.0 Å². The van der Waals surface area contributed by atoms with Crippen LogP contribution in [0.5, 0.6) is 0 Å². The van der Waals surface area contributed by atoms with Crippen LogP contribution in [0.4, 0.5) is 15.8 Å². The fourth-order valence-corrected chi connectivity index (χ4v) is 3.84. The Kier molecular flexibility index (Phi) is 4.80. The lowest BCUT2D eigenvalue weighted by Gasteiger charge is -2.12. The number of hydrogen-bond acceptors (Lipinski definition) is 4. The molecule has 1 aromatic heterocycles. The first kappa shape index (κ1) is 18.1. The van der Waals surface area contributed by atoms with Crippen molar-refractivity contribution >= 4 is 49.8 Å². The molecule has 0 saturated heterocycles. The van der Waals surface area contributed by atoms with Crippen molar-refractivity contribution < 1.29 is 17.6 Å². The van der Waals surface area contributed by atoms with Gasteiger partial charge in [-0.3, -0.25) is 14.5 Å². The molecular formula is C17H13ClFN3O3S. The largest absolute Gasteiger partial charge is 0.325 e. The van der Waals surface area contributed by atoms with Gasteiger partial charge in [-0.05, 0) is 42.5 Å². The Hall–Kier alpha value is -2.71. The maximum Gasteiger partial charge on any atom is 0.262 e. The number of halogens is 2. The number of nitrogens with one attached hydrogen (secondary N) is 2. The maximum absolute atomic E-state index is 13.9. The third-order valence-corrected chi connectivity index (χ3v) is 5.27. The van der Waals surface area contributed by atoms with E-state index in [1.807, 2.05) is 0 Å². The van der Waals surface area contributed by atoms with Gasteiger partial charge in [0.05, 0.1) is 21.3 Å². The topological polar surface area (TPSA) is 88.2 Å². The summed E-state index contributed by atoms with van der Waals surface area (Å²) in [5.41, 5.74) is 0.426. The second-order valence-electron chi connectivity index (χ2n) is 5.43. The second-order valence-corrected chi connectivity index (χ2v) is 7.48. The van der Waals surface area contributed by atoms with E-state index in [-0.39, 0.29) is 38.1 Å². The lowest BCUT2D eigenvalue weighted by atomic mass is 10.2. The molecule has 1 amide bonds. The van der Waals surface area contributed by atoms with E-state index in [9.17, 15) is 17.6 Å². The molecule has 0 aliphatic carbocycles. The summed E-state index contributed by atoms with van der Waals surface area (Å²) in [6.45, 7) is 1.31. The first-order chi connectivity index (χ1) is 12.3. The predicted molar refractivity (Wildman–Crippen MR) is 98.3 cm³/mol. The molecule has 0 saturated carbocycles. The smallest absolute Gasteiger partial charge is 0.262 e. The Labute approximate surface area is 154 Å². The average molecular weight is 394 g/mol. The molecule has 6 nitrogen and oxygen atoms in total. The number of carbonyl (C=O) groups is 1. The number of anilines is 2. The zero-order chi connectivity index (χ0) is 18.9. The van der Waals surface area contributed by atoms with E-state index in [0.717, 1.165) is 6.07 Å². The molecule has 1 heterocycles. The van der Waals surface area contributed by atoms with Crippen LogP contribution in [-0.2, 0) is 14.8 Å². The number of nitrogens with zero attached hydrogens (tertiary/aromatic N) is 1. The van der Waals surface area contributed by atoms with Crippen molar-refractivity contribution in [3.8, 4) is 0 Å². The Balaban J connectivity index is 2.03. The van der Waals surface area contributed by atoms with Crippen LogP contribution in [0.1, 0.15) is 6.92 Å². The van der Waals surface area contributed by atoms with Crippen molar-refractivity contribution in [2.45, 2.75) is 11.8 Å². The van der Waals surface area contributed by atoms with E-state index in [4.69, 9.17) is 11.6 Å². The van der Waals surface area contributed by atoms with Gasteiger partial charge in [0.15, 0.2) is 0 Å². The third-order valence-electron chi connectivity index (χ3n) is 3.50. The summed E-state index contributed by atoms with van der Waals surface area (Å²) in [7, 11) is -4.03. The average Bonchev–Trinajstić information content (AvgIpc) is 2.57. The summed E-state index contributed by atoms with van der Waals surface area (Å²) in [6, 6.07) is 9.53. The van der Waals surface area contributed by atoms with Gasteiger partial charge in [-0.1, -0.05) is 11.6 Å². The molecule has 0 aliphatic heterocycles. The van der Waals surface area contributed by atoms with E-state index in [1.54, 1.807) is 0 Å². The van der Waals surface area contributed by atoms with Crippen molar-refractivity contribution in [3.05, 3.63) is 59.5 Å². The van der Waals surface area contributed by atoms with Gasteiger partial charge in [-0.25, -0.2) is 12.8 Å². The summed E-state index contributed by atoms with van der Waals surface area (Å²) >= 11 is 5.98. The molecule has 0 radical (unpaired) electrons. The highest BCUT2D eigenvalue weighted by atomic mass is 35.5. The molecule has 3 rings (SSSR count). The maximum atomic E-state index is 13.9. The van der Waals surface area contributed by atoms with Gasteiger partial charge in [0.1, 0.15) is 11.3 Å². The van der Waals surface area contributed by atoms with Crippen LogP contribution in [0.25, 0.3) is 10.9 Å². The third kappa shape index (κ3) is 3.61. The number of amides is 1. The summed E-state index contributed by atoms with van der Waals surface area (Å²) in [6.07, 6.45) is 1.38. The van der Waals surface area contributed by atoms with Gasteiger partial charge in [0.2, 0.25) is 5.91 Å². The Morgan fingerprint density at radius 3 is 2.69 bits per heavy atom. The number of hydrogen-bond donors (Lipinski definition) is 2. The number of carbonyl (C=O) groups excluding carboxylic acids is 1. The van der Waals surface area contributed by atoms with Crippen molar-refractivity contribution in [3.63, 3.8) is 0 Å². The van der Waals surface area contributed by atoms with E-state index in [1.165, 1.54) is 49.5 Å². The Morgan fingerprint density at radius 1 is 1.19 bits per heavy atom. The number of rotatable bonds is 4. The van der Waals surface area contributed by atoms with Gasteiger partial charge in [-0.15, -0.1) is 0 Å². The molecule has 0 unspecified atom stereocenters. The minimum atomic E-state index is -4.03. The molecule has 2 N–H and O–H groups in total. The van der Waals surface area contributed by atoms with E-state index in [2.05, 4.69) is 15.0 Å². The van der Waals surface area contributed by atoms with Crippen LogP contribution in [0, 0.1) is 5.82 Å². The van der Waals surface area contributed by atoms with Gasteiger partial charge in [0, 0.05) is 18.5 Å². The number of fused-ring (bicyclic) bond motifs is 1. The molecule has 0 bridgehead atoms. The van der Waals surface area contributed by atoms with Gasteiger partial charge < -0.3 is 5.32 Å². The normalized spacial score (nSPS) is 11.3. The fourth-order valence-electron chi connectivity index (χ4n) is 2.43. The lowest BCUT2D eigenvalue weighted by molar-refractivity contribution is -0.114. The zero-order valence-corrected chi connectivity index (χ0v) is 15.0. The minimum absolute atomic E-state index is 0.0367. The van der Waals surface area contributed by atoms with Crippen molar-refractivity contribution in [2.24, 2.45) is 0 Å². The molecule has 2 aromatic carbocycles. The van der Waals surface area contributed by atoms with Crippen molar-refractivity contribution in [1.82, 2.24) is 4.98 Å². The Morgan fingerprint density at radius 2 is 1.96 bits per heavy atom. The highest BCUT2D eigenvalue weighted by Gasteiger charge is 2.20. The van der Waals surface area contributed by atoms with Gasteiger partial charge in [0.25, 0.3) is 10.0 Å². The number of benzene rings is 2. The SMILES string of the molecule is CC(=O)Nc1cc(NS(=O)(=O)c2ccc(F)c3ncccc23)ccc1Cl. The molecule has 0 spiro atoms. The monoisotopic (exact) mass is 393 g/mol. The molecule has 3 aromatic rings. The summed E-state index contributed by atoms with van der Waals surface area (Å²) < 4.78 is 41.8. The van der Waals surface area contributed by atoms with E-state index in [0.29, 0.717) is 0 Å². The molecule has 134 valence electrons. The number of pyridine rings is 1. The first-order valence-electron chi connectivity index (χ1n) is 7.41.